The number of nitrogens with zero attached hydrogens (tertiary/aromatic N) is 5. The van der Waals surface area contributed by atoms with E-state index in [1.165, 1.54) is 7.05 Å². The monoisotopic (exact) mass is 373 g/mol. The molecule has 1 aromatic rings. The molecule has 0 aliphatic carbocycles. The van der Waals surface area contributed by atoms with Crippen LogP contribution < -0.4 is 5.01 Å². The van der Waals surface area contributed by atoms with Gasteiger partial charge < -0.3 is 4.74 Å². The molecule has 0 atom stereocenters. The third-order valence-electron chi connectivity index (χ3n) is 2.43. The Kier molecular flexibility index (Phi) is 6.29. The molecule has 24 heavy (non-hydrogen) atoms. The van der Waals surface area contributed by atoms with Crippen molar-refractivity contribution < 1.29 is 26.7 Å². The zero-order chi connectivity index (χ0) is 18.5. The number of aliphatic imine (C=N–C) groups is 1. The summed E-state index contributed by atoms with van der Waals surface area (Å²) in [4.78, 5) is 3.61. The summed E-state index contributed by atoms with van der Waals surface area (Å²) in [7, 11) is 2.51. The van der Waals surface area contributed by atoms with Crippen molar-refractivity contribution in [3.05, 3.63) is 36.3 Å². The second kappa shape index (κ2) is 7.60. The average molecular weight is 374 g/mol. The largest absolute Gasteiger partial charge is 0.468 e. The van der Waals surface area contributed by atoms with Crippen molar-refractivity contribution in [2.24, 2.45) is 4.99 Å². The van der Waals surface area contributed by atoms with Crippen LogP contribution in [0.2, 0.25) is 0 Å². The first-order valence-electron chi connectivity index (χ1n) is 6.22. The van der Waals surface area contributed by atoms with E-state index in [4.69, 9.17) is 11.6 Å². The van der Waals surface area contributed by atoms with Gasteiger partial charge in [0.25, 0.3) is 0 Å². The van der Waals surface area contributed by atoms with Gasteiger partial charge in [-0.1, -0.05) is 12.7 Å². The van der Waals surface area contributed by atoms with Crippen LogP contribution in [0.15, 0.2) is 29.6 Å². The number of rotatable bonds is 7. The molecule has 1 aromatic heterocycles. The molecule has 0 amide bonds. The van der Waals surface area contributed by atoms with E-state index in [0.717, 1.165) is 30.4 Å². The summed E-state index contributed by atoms with van der Waals surface area (Å²) < 4.78 is 69.2. The van der Waals surface area contributed by atoms with Crippen LogP contribution in [0.4, 0.5) is 22.0 Å². The van der Waals surface area contributed by atoms with E-state index in [-0.39, 0.29) is 5.82 Å². The molecule has 0 saturated carbocycles. The molecule has 12 heteroatoms. The molecular formula is C12H13ClF5N5O. The second-order valence-electron chi connectivity index (χ2n) is 4.25. The lowest BCUT2D eigenvalue weighted by molar-refractivity contribution is -0.165. The van der Waals surface area contributed by atoms with Crippen LogP contribution in [0.3, 0.4) is 0 Å². The molecule has 0 spiro atoms. The van der Waals surface area contributed by atoms with Gasteiger partial charge in [0.1, 0.15) is 0 Å². The van der Waals surface area contributed by atoms with Crippen LogP contribution in [-0.4, -0.2) is 48.0 Å². The molecule has 0 aromatic carbocycles. The maximum atomic E-state index is 13.5. The number of aromatic nitrogens is 3. The van der Waals surface area contributed by atoms with Gasteiger partial charge in [0, 0.05) is 14.1 Å². The molecule has 1 heterocycles. The zero-order valence-electron chi connectivity index (χ0n) is 12.6. The molecule has 0 fully saturated rings. The van der Waals surface area contributed by atoms with Crippen LogP contribution in [0, 0.1) is 0 Å². The maximum Gasteiger partial charge on any atom is 0.422 e. The van der Waals surface area contributed by atoms with Crippen LogP contribution >= 0.6 is 11.6 Å². The summed E-state index contributed by atoms with van der Waals surface area (Å²) in [5.41, 5.74) is 0. The summed E-state index contributed by atoms with van der Waals surface area (Å²) in [6.07, 6.45) is -1.38. The van der Waals surface area contributed by atoms with E-state index in [1.54, 1.807) is 0 Å². The van der Waals surface area contributed by atoms with E-state index in [1.807, 2.05) is 0 Å². The highest BCUT2D eigenvalue weighted by Crippen LogP contribution is 2.31. The smallest absolute Gasteiger partial charge is 0.422 e. The highest BCUT2D eigenvalue weighted by molar-refractivity contribution is 6.21. The zero-order valence-corrected chi connectivity index (χ0v) is 13.3. The number of hydrogen-bond acceptors (Lipinski definition) is 5. The normalized spacial score (nSPS) is 13.4. The number of halogens is 6. The molecule has 0 unspecified atom stereocenters. The van der Waals surface area contributed by atoms with Gasteiger partial charge in [-0.2, -0.15) is 22.0 Å². The van der Waals surface area contributed by atoms with Gasteiger partial charge in [0.15, 0.2) is 12.4 Å². The van der Waals surface area contributed by atoms with Crippen molar-refractivity contribution in [1.82, 2.24) is 14.9 Å². The first kappa shape index (κ1) is 19.9. The Labute approximate surface area is 138 Å². The van der Waals surface area contributed by atoms with E-state index < -0.39 is 29.9 Å². The van der Waals surface area contributed by atoms with Crippen molar-refractivity contribution in [3.8, 4) is 0 Å². The van der Waals surface area contributed by atoms with Gasteiger partial charge in [-0.3, -0.25) is 4.99 Å². The Morgan fingerprint density at radius 3 is 2.46 bits per heavy atom. The minimum Gasteiger partial charge on any atom is -0.468 e. The Hall–Kier alpha value is -2.17. The lowest BCUT2D eigenvalue weighted by atomic mass is 10.5. The Morgan fingerprint density at radius 1 is 1.38 bits per heavy atom. The number of hydrogen-bond donors (Lipinski definition) is 0. The molecule has 0 radical (unpaired) electrons. The Bertz CT molecular complexity index is 635. The van der Waals surface area contributed by atoms with E-state index in [2.05, 4.69) is 26.5 Å². The molecule has 0 saturated heterocycles. The fourth-order valence-corrected chi connectivity index (χ4v) is 1.68. The van der Waals surface area contributed by atoms with Gasteiger partial charge in [-0.05, 0) is 17.7 Å². The molecule has 1 rings (SSSR count). The van der Waals surface area contributed by atoms with Gasteiger partial charge in [-0.15, -0.1) is 10.2 Å². The average Bonchev–Trinajstić information content (AvgIpc) is 2.86. The highest BCUT2D eigenvalue weighted by Gasteiger charge is 2.38. The van der Waals surface area contributed by atoms with E-state index >= 15 is 0 Å². The highest BCUT2D eigenvalue weighted by atomic mass is 35.5. The molecule has 0 aliphatic heterocycles. The summed E-state index contributed by atoms with van der Waals surface area (Å²) in [5, 5.41) is 3.62. The fourth-order valence-electron chi connectivity index (χ4n) is 1.56. The Balaban J connectivity index is 3.32. The predicted octanol–water partition coefficient (Wildman–Crippen LogP) is 2.79. The van der Waals surface area contributed by atoms with Gasteiger partial charge >= 0.3 is 11.6 Å². The van der Waals surface area contributed by atoms with Crippen LogP contribution in [0.1, 0.15) is 11.6 Å². The van der Waals surface area contributed by atoms with Crippen molar-refractivity contribution in [2.45, 2.75) is 11.6 Å². The van der Waals surface area contributed by atoms with Crippen molar-refractivity contribution in [1.29, 1.82) is 0 Å². The van der Waals surface area contributed by atoms with Crippen LogP contribution in [-0.2, 0) is 10.1 Å². The number of ether oxygens (including phenoxy) is 1. The van der Waals surface area contributed by atoms with Crippen molar-refractivity contribution >= 4 is 17.8 Å². The SMILES string of the molecule is C=C/C=C(/OCC(F)(F)F)N(C)n1c(C=NC)nnc1C(F)(F)Cl. The third kappa shape index (κ3) is 5.18. The van der Waals surface area contributed by atoms with E-state index in [0.29, 0.717) is 4.68 Å². The fraction of sp³-hybridized carbons (Fsp3) is 0.417. The molecule has 0 bridgehead atoms. The summed E-state index contributed by atoms with van der Waals surface area (Å²) >= 11 is 4.96. The molecule has 6 nitrogen and oxygen atoms in total. The lowest BCUT2D eigenvalue weighted by Gasteiger charge is -2.26. The maximum absolute atomic E-state index is 13.5. The minimum atomic E-state index is -4.62. The molecule has 134 valence electrons. The predicted molar refractivity (Wildman–Crippen MR) is 77.7 cm³/mol. The quantitative estimate of drug-likeness (QED) is 0.242. The number of allylic oxidation sites excluding steroid dienone is 2. The van der Waals surface area contributed by atoms with E-state index in [9.17, 15) is 22.0 Å². The van der Waals surface area contributed by atoms with Crippen molar-refractivity contribution in [3.63, 3.8) is 0 Å². The second-order valence-corrected chi connectivity index (χ2v) is 4.72. The first-order valence-corrected chi connectivity index (χ1v) is 6.60. The van der Waals surface area contributed by atoms with Gasteiger partial charge in [0.2, 0.25) is 11.7 Å². The van der Waals surface area contributed by atoms with Gasteiger partial charge in [0.05, 0.1) is 6.21 Å². The molecular weight excluding hydrogens is 361 g/mol. The van der Waals surface area contributed by atoms with Crippen LogP contribution in [0.5, 0.6) is 0 Å². The lowest BCUT2D eigenvalue weighted by Crippen LogP contribution is -2.36. The molecule has 0 N–H and O–H groups in total. The minimum absolute atomic E-state index is 0.194. The molecule has 0 aliphatic rings. The van der Waals surface area contributed by atoms with Gasteiger partial charge in [-0.25, -0.2) is 9.69 Å². The summed E-state index contributed by atoms with van der Waals surface area (Å²) in [6.45, 7) is 1.70. The Morgan fingerprint density at radius 2 is 2.00 bits per heavy atom. The van der Waals surface area contributed by atoms with Crippen LogP contribution in [0.25, 0.3) is 0 Å². The third-order valence-corrected chi connectivity index (χ3v) is 2.60. The first-order chi connectivity index (χ1) is 11.0. The summed E-state index contributed by atoms with van der Waals surface area (Å²) in [6, 6.07) is 0. The summed E-state index contributed by atoms with van der Waals surface area (Å²) in [5.74, 6) is -1.65. The standard InChI is InChI=1S/C12H13ClF5N5O/c1-4-5-9(24-7-11(14,15)16)22(3)23-8(6-19-2)20-21-10(23)12(13,17)18/h4-6H,1,7H2,2-3H3/b9-5+,19-6?. The topological polar surface area (TPSA) is 55.5 Å². The van der Waals surface area contributed by atoms with Crippen molar-refractivity contribution in [2.75, 3.05) is 25.7 Å². The number of alkyl halides is 6.